The second-order valence-corrected chi connectivity index (χ2v) is 6.51. The molecule has 0 aromatic heterocycles. The summed E-state index contributed by atoms with van der Waals surface area (Å²) in [4.78, 5) is 26.0. The van der Waals surface area contributed by atoms with E-state index < -0.39 is 6.10 Å². The minimum Gasteiger partial charge on any atom is -0.481 e. The fraction of sp³-hybridized carbons (Fsp3) is 0.556. The molecule has 6 heteroatoms. The molecule has 0 radical (unpaired) electrons. The number of ether oxygens (including phenoxy) is 1. The zero-order valence-electron chi connectivity index (χ0n) is 14.9. The molecule has 2 N–H and O–H groups in total. The van der Waals surface area contributed by atoms with Crippen LogP contribution < -0.4 is 15.4 Å². The Hall–Kier alpha value is -2.24. The molecule has 1 aliphatic heterocycles. The van der Waals surface area contributed by atoms with Gasteiger partial charge in [0.05, 0.1) is 0 Å². The molecule has 3 amide bonds. The van der Waals surface area contributed by atoms with Gasteiger partial charge in [-0.15, -0.1) is 0 Å². The lowest BCUT2D eigenvalue weighted by molar-refractivity contribution is -0.137. The zero-order valence-corrected chi connectivity index (χ0v) is 14.9. The summed E-state index contributed by atoms with van der Waals surface area (Å²) < 4.78 is 5.79. The monoisotopic (exact) mass is 333 g/mol. The molecule has 1 heterocycles. The van der Waals surface area contributed by atoms with Crippen molar-refractivity contribution in [3.05, 3.63) is 23.8 Å². The van der Waals surface area contributed by atoms with Crippen LogP contribution >= 0.6 is 0 Å². The summed E-state index contributed by atoms with van der Waals surface area (Å²) >= 11 is 0. The summed E-state index contributed by atoms with van der Waals surface area (Å²) in [6.45, 7) is 9.70. The lowest BCUT2D eigenvalue weighted by Gasteiger charge is -2.23. The first-order valence-corrected chi connectivity index (χ1v) is 8.54. The standard InChI is InChI=1S/C18H27N3O3/c1-5-19-18(23)20-15-6-7-16-14(10-15)11-21(9-8-12(2)3)17(22)13(4)24-16/h6-7,10,12-13H,5,8-9,11H2,1-4H3,(H2,19,20,23). The van der Waals surface area contributed by atoms with E-state index in [0.717, 1.165) is 12.0 Å². The molecule has 2 rings (SSSR count). The van der Waals surface area contributed by atoms with E-state index in [4.69, 9.17) is 4.74 Å². The molecule has 132 valence electrons. The van der Waals surface area contributed by atoms with Crippen molar-refractivity contribution in [1.29, 1.82) is 0 Å². The largest absolute Gasteiger partial charge is 0.481 e. The lowest BCUT2D eigenvalue weighted by Crippen LogP contribution is -2.38. The van der Waals surface area contributed by atoms with Crippen molar-refractivity contribution in [3.63, 3.8) is 0 Å². The number of nitrogens with one attached hydrogen (secondary N) is 2. The summed E-state index contributed by atoms with van der Waals surface area (Å²) in [7, 11) is 0. The van der Waals surface area contributed by atoms with Crippen molar-refractivity contribution in [3.8, 4) is 5.75 Å². The average Bonchev–Trinajstić information content (AvgIpc) is 2.63. The Kier molecular flexibility index (Phi) is 6.06. The minimum atomic E-state index is -0.499. The smallest absolute Gasteiger partial charge is 0.319 e. The maximum Gasteiger partial charge on any atom is 0.319 e. The van der Waals surface area contributed by atoms with E-state index >= 15 is 0 Å². The third kappa shape index (κ3) is 4.63. The number of hydrogen-bond donors (Lipinski definition) is 2. The quantitative estimate of drug-likeness (QED) is 0.870. The van der Waals surface area contributed by atoms with E-state index in [2.05, 4.69) is 24.5 Å². The summed E-state index contributed by atoms with van der Waals surface area (Å²) in [6, 6.07) is 5.23. The number of urea groups is 1. The Morgan fingerprint density at radius 2 is 2.17 bits per heavy atom. The van der Waals surface area contributed by atoms with Gasteiger partial charge in [0, 0.05) is 30.9 Å². The summed E-state index contributed by atoms with van der Waals surface area (Å²) in [5.41, 5.74) is 1.60. The van der Waals surface area contributed by atoms with Gasteiger partial charge in [0.15, 0.2) is 6.10 Å². The number of fused-ring (bicyclic) bond motifs is 1. The van der Waals surface area contributed by atoms with Gasteiger partial charge >= 0.3 is 6.03 Å². The van der Waals surface area contributed by atoms with Gasteiger partial charge in [0.2, 0.25) is 0 Å². The molecule has 24 heavy (non-hydrogen) atoms. The van der Waals surface area contributed by atoms with Crippen LogP contribution in [-0.4, -0.2) is 36.0 Å². The third-order valence-electron chi connectivity index (χ3n) is 3.96. The van der Waals surface area contributed by atoms with Gasteiger partial charge in [-0.25, -0.2) is 4.79 Å². The van der Waals surface area contributed by atoms with Gasteiger partial charge in [0.1, 0.15) is 5.75 Å². The van der Waals surface area contributed by atoms with E-state index in [0.29, 0.717) is 37.0 Å². The minimum absolute atomic E-state index is 0.00471. The fourth-order valence-electron chi connectivity index (χ4n) is 2.62. The van der Waals surface area contributed by atoms with Crippen LogP contribution in [0.25, 0.3) is 0 Å². The van der Waals surface area contributed by atoms with E-state index in [1.807, 2.05) is 24.0 Å². The molecule has 1 atom stereocenters. The summed E-state index contributed by atoms with van der Waals surface area (Å²) in [5.74, 6) is 1.23. The normalized spacial score (nSPS) is 17.1. The third-order valence-corrected chi connectivity index (χ3v) is 3.96. The van der Waals surface area contributed by atoms with Gasteiger partial charge in [-0.1, -0.05) is 13.8 Å². The van der Waals surface area contributed by atoms with Crippen LogP contribution in [0.3, 0.4) is 0 Å². The highest BCUT2D eigenvalue weighted by Gasteiger charge is 2.27. The molecule has 6 nitrogen and oxygen atoms in total. The molecule has 0 bridgehead atoms. The predicted octanol–water partition coefficient (Wildman–Crippen LogP) is 2.98. The van der Waals surface area contributed by atoms with Crippen molar-refractivity contribution < 1.29 is 14.3 Å². The molecule has 0 spiro atoms. The highest BCUT2D eigenvalue weighted by atomic mass is 16.5. The van der Waals surface area contributed by atoms with Crippen molar-refractivity contribution in [1.82, 2.24) is 10.2 Å². The number of carbonyl (C=O) groups is 2. The first-order valence-electron chi connectivity index (χ1n) is 8.54. The Morgan fingerprint density at radius 1 is 1.42 bits per heavy atom. The van der Waals surface area contributed by atoms with Gasteiger partial charge in [0.25, 0.3) is 5.91 Å². The van der Waals surface area contributed by atoms with Crippen LogP contribution in [0.5, 0.6) is 5.75 Å². The predicted molar refractivity (Wildman–Crippen MR) is 94.1 cm³/mol. The van der Waals surface area contributed by atoms with Gasteiger partial charge in [-0.05, 0) is 44.4 Å². The van der Waals surface area contributed by atoms with E-state index in [1.54, 1.807) is 13.0 Å². The Morgan fingerprint density at radius 3 is 2.83 bits per heavy atom. The molecule has 0 saturated heterocycles. The maximum atomic E-state index is 12.5. The lowest BCUT2D eigenvalue weighted by atomic mass is 10.1. The Bertz CT molecular complexity index is 601. The van der Waals surface area contributed by atoms with Crippen LogP contribution in [0.15, 0.2) is 18.2 Å². The van der Waals surface area contributed by atoms with E-state index in [9.17, 15) is 9.59 Å². The number of amides is 3. The highest BCUT2D eigenvalue weighted by Crippen LogP contribution is 2.29. The molecule has 0 saturated carbocycles. The van der Waals surface area contributed by atoms with Gasteiger partial charge in [-0.2, -0.15) is 0 Å². The molecule has 1 aromatic rings. The molecule has 1 unspecified atom stereocenters. The van der Waals surface area contributed by atoms with Gasteiger partial charge < -0.3 is 20.3 Å². The van der Waals surface area contributed by atoms with Crippen molar-refractivity contribution in [2.75, 3.05) is 18.4 Å². The SMILES string of the molecule is CCNC(=O)Nc1ccc2c(c1)CN(CCC(C)C)C(=O)C(C)O2. The second kappa shape index (κ2) is 8.04. The number of carbonyl (C=O) groups excluding carboxylic acids is 2. The average molecular weight is 333 g/mol. The van der Waals surface area contributed by atoms with E-state index in [-0.39, 0.29) is 11.9 Å². The van der Waals surface area contributed by atoms with Gasteiger partial charge in [-0.3, -0.25) is 4.79 Å². The summed E-state index contributed by atoms with van der Waals surface area (Å²) in [6.07, 6.45) is 0.450. The number of anilines is 1. The van der Waals surface area contributed by atoms with Crippen LogP contribution in [0.2, 0.25) is 0 Å². The first kappa shape index (κ1) is 18.1. The first-order chi connectivity index (χ1) is 11.4. The topological polar surface area (TPSA) is 70.7 Å². The van der Waals surface area contributed by atoms with Crippen LogP contribution in [0.1, 0.15) is 39.7 Å². The molecule has 0 fully saturated rings. The van der Waals surface area contributed by atoms with Crippen LogP contribution in [-0.2, 0) is 11.3 Å². The van der Waals surface area contributed by atoms with Crippen molar-refractivity contribution in [2.24, 2.45) is 5.92 Å². The Labute approximate surface area is 143 Å². The summed E-state index contributed by atoms with van der Waals surface area (Å²) in [5, 5.41) is 5.49. The number of benzene rings is 1. The maximum absolute atomic E-state index is 12.5. The molecule has 1 aromatic carbocycles. The van der Waals surface area contributed by atoms with Crippen molar-refractivity contribution >= 4 is 17.6 Å². The Balaban J connectivity index is 2.19. The number of rotatable bonds is 5. The fourth-order valence-corrected chi connectivity index (χ4v) is 2.62. The van der Waals surface area contributed by atoms with Crippen LogP contribution in [0.4, 0.5) is 10.5 Å². The molecular formula is C18H27N3O3. The zero-order chi connectivity index (χ0) is 17.7. The number of nitrogens with zero attached hydrogens (tertiary/aromatic N) is 1. The van der Waals surface area contributed by atoms with Crippen LogP contribution in [0, 0.1) is 5.92 Å². The highest BCUT2D eigenvalue weighted by molar-refractivity contribution is 5.89. The second-order valence-electron chi connectivity index (χ2n) is 6.51. The van der Waals surface area contributed by atoms with E-state index in [1.165, 1.54) is 0 Å². The molecule has 1 aliphatic rings. The molecular weight excluding hydrogens is 306 g/mol. The molecule has 0 aliphatic carbocycles. The number of hydrogen-bond acceptors (Lipinski definition) is 3. The van der Waals surface area contributed by atoms with Crippen molar-refractivity contribution in [2.45, 2.75) is 46.8 Å².